The number of carbonyl (C=O) groups excluding carboxylic acids is 2. The first-order valence-corrected chi connectivity index (χ1v) is 4.59. The molecule has 0 spiro atoms. The third-order valence-electron chi connectivity index (χ3n) is 2.90. The van der Waals surface area contributed by atoms with E-state index in [-0.39, 0.29) is 24.4 Å². The van der Waals surface area contributed by atoms with Crippen LogP contribution in [-0.2, 0) is 14.3 Å². The third kappa shape index (κ3) is 1.16. The Balaban J connectivity index is 2.24. The first kappa shape index (κ1) is 8.69. The standard InChI is InChI=1S/C9H13NO3/c1-6(11)10-9-4-2-3-8(9)13-5-7(9)12/h8H,2-5H2,1H3,(H,10,11)/t8-,9+/m1/s1. The number of ketones is 1. The second kappa shape index (κ2) is 2.80. The van der Waals surface area contributed by atoms with Gasteiger partial charge in [0.15, 0.2) is 5.78 Å². The predicted molar refractivity (Wildman–Crippen MR) is 45.1 cm³/mol. The molecule has 4 heteroatoms. The highest BCUT2D eigenvalue weighted by Gasteiger charge is 2.54. The average Bonchev–Trinajstić information content (AvgIpc) is 2.53. The van der Waals surface area contributed by atoms with Crippen LogP contribution in [0.25, 0.3) is 0 Å². The smallest absolute Gasteiger partial charge is 0.217 e. The Kier molecular flexibility index (Phi) is 1.87. The van der Waals surface area contributed by atoms with Gasteiger partial charge >= 0.3 is 0 Å². The Morgan fingerprint density at radius 3 is 3.15 bits per heavy atom. The van der Waals surface area contributed by atoms with Crippen LogP contribution in [0.15, 0.2) is 0 Å². The van der Waals surface area contributed by atoms with Crippen molar-refractivity contribution in [3.05, 3.63) is 0 Å². The lowest BCUT2D eigenvalue weighted by molar-refractivity contribution is -0.128. The molecular weight excluding hydrogens is 170 g/mol. The molecule has 1 saturated carbocycles. The molecule has 1 aliphatic carbocycles. The molecule has 72 valence electrons. The van der Waals surface area contributed by atoms with Crippen LogP contribution in [0.5, 0.6) is 0 Å². The summed E-state index contributed by atoms with van der Waals surface area (Å²) in [5, 5.41) is 2.75. The van der Waals surface area contributed by atoms with E-state index in [9.17, 15) is 9.59 Å². The van der Waals surface area contributed by atoms with Gasteiger partial charge < -0.3 is 10.1 Å². The summed E-state index contributed by atoms with van der Waals surface area (Å²) in [6.45, 7) is 1.60. The summed E-state index contributed by atoms with van der Waals surface area (Å²) < 4.78 is 5.33. The molecule has 2 rings (SSSR count). The monoisotopic (exact) mass is 183 g/mol. The lowest BCUT2D eigenvalue weighted by atomic mass is 9.92. The van der Waals surface area contributed by atoms with Crippen LogP contribution in [0.2, 0.25) is 0 Å². The Morgan fingerprint density at radius 2 is 2.46 bits per heavy atom. The van der Waals surface area contributed by atoms with Gasteiger partial charge in [0.05, 0.1) is 6.10 Å². The maximum absolute atomic E-state index is 11.6. The van der Waals surface area contributed by atoms with Crippen molar-refractivity contribution >= 4 is 11.7 Å². The van der Waals surface area contributed by atoms with Crippen molar-refractivity contribution in [3.8, 4) is 0 Å². The maximum atomic E-state index is 11.6. The second-order valence-corrected chi connectivity index (χ2v) is 3.77. The molecule has 1 amide bonds. The Morgan fingerprint density at radius 1 is 1.69 bits per heavy atom. The SMILES string of the molecule is CC(=O)N[C@]12CCC[C@H]1OCC2=O. The Bertz CT molecular complexity index is 264. The first-order chi connectivity index (χ1) is 6.15. The normalized spacial score (nSPS) is 37.6. The molecule has 4 nitrogen and oxygen atoms in total. The first-order valence-electron chi connectivity index (χ1n) is 4.59. The number of ether oxygens (including phenoxy) is 1. The van der Waals surface area contributed by atoms with Gasteiger partial charge in [0, 0.05) is 6.92 Å². The number of rotatable bonds is 1. The van der Waals surface area contributed by atoms with E-state index in [0.29, 0.717) is 0 Å². The molecule has 1 heterocycles. The van der Waals surface area contributed by atoms with Crippen LogP contribution in [0, 0.1) is 0 Å². The third-order valence-corrected chi connectivity index (χ3v) is 2.90. The summed E-state index contributed by atoms with van der Waals surface area (Å²) in [7, 11) is 0. The quantitative estimate of drug-likeness (QED) is 0.623. The van der Waals surface area contributed by atoms with E-state index in [2.05, 4.69) is 5.32 Å². The van der Waals surface area contributed by atoms with Crippen molar-refractivity contribution in [3.63, 3.8) is 0 Å². The fraction of sp³-hybridized carbons (Fsp3) is 0.778. The lowest BCUT2D eigenvalue weighted by Crippen LogP contribution is -2.55. The van der Waals surface area contributed by atoms with Crippen molar-refractivity contribution in [2.45, 2.75) is 37.8 Å². The largest absolute Gasteiger partial charge is 0.367 e. The van der Waals surface area contributed by atoms with Gasteiger partial charge in [-0.1, -0.05) is 0 Å². The second-order valence-electron chi connectivity index (χ2n) is 3.77. The zero-order chi connectivity index (χ0) is 9.47. The van der Waals surface area contributed by atoms with Gasteiger partial charge in [-0.25, -0.2) is 0 Å². The molecular formula is C9H13NO3. The molecule has 0 aromatic rings. The lowest BCUT2D eigenvalue weighted by Gasteiger charge is -2.26. The summed E-state index contributed by atoms with van der Waals surface area (Å²) in [5.41, 5.74) is -0.675. The van der Waals surface area contributed by atoms with Gasteiger partial charge in [-0.2, -0.15) is 0 Å². The van der Waals surface area contributed by atoms with Crippen LogP contribution in [0.3, 0.4) is 0 Å². The Hall–Kier alpha value is -0.900. The minimum Gasteiger partial charge on any atom is -0.367 e. The van der Waals surface area contributed by atoms with E-state index in [1.54, 1.807) is 0 Å². The number of Topliss-reactive ketones (excluding diaryl/α,β-unsaturated/α-hetero) is 1. The van der Waals surface area contributed by atoms with Crippen molar-refractivity contribution in [1.82, 2.24) is 5.32 Å². The molecule has 0 unspecified atom stereocenters. The fourth-order valence-electron chi connectivity index (χ4n) is 2.35. The van der Waals surface area contributed by atoms with Gasteiger partial charge in [0.2, 0.25) is 5.91 Å². The van der Waals surface area contributed by atoms with E-state index in [0.717, 1.165) is 19.3 Å². The minimum atomic E-state index is -0.675. The van der Waals surface area contributed by atoms with Crippen LogP contribution in [-0.4, -0.2) is 29.9 Å². The molecule has 13 heavy (non-hydrogen) atoms. The van der Waals surface area contributed by atoms with Gasteiger partial charge in [0.25, 0.3) is 0 Å². The summed E-state index contributed by atoms with van der Waals surface area (Å²) in [6.07, 6.45) is 2.49. The van der Waals surface area contributed by atoms with Crippen LogP contribution in [0.1, 0.15) is 26.2 Å². The summed E-state index contributed by atoms with van der Waals surface area (Å²) >= 11 is 0. The van der Waals surface area contributed by atoms with Gasteiger partial charge in [-0.05, 0) is 19.3 Å². The van der Waals surface area contributed by atoms with Gasteiger partial charge in [0.1, 0.15) is 12.1 Å². The topological polar surface area (TPSA) is 55.4 Å². The highest BCUT2D eigenvalue weighted by atomic mass is 16.5. The molecule has 2 fully saturated rings. The van der Waals surface area contributed by atoms with Crippen LogP contribution in [0.4, 0.5) is 0 Å². The number of hydrogen-bond donors (Lipinski definition) is 1. The molecule has 0 bridgehead atoms. The zero-order valence-electron chi connectivity index (χ0n) is 7.63. The zero-order valence-corrected chi connectivity index (χ0v) is 7.63. The predicted octanol–water partition coefficient (Wildman–Crippen LogP) is 0.0131. The maximum Gasteiger partial charge on any atom is 0.217 e. The molecule has 2 atom stereocenters. The number of nitrogens with one attached hydrogen (secondary N) is 1. The number of carbonyl (C=O) groups is 2. The molecule has 0 aromatic heterocycles. The van der Waals surface area contributed by atoms with E-state index in [4.69, 9.17) is 4.74 Å². The summed E-state index contributed by atoms with van der Waals surface area (Å²) in [6, 6.07) is 0. The highest BCUT2D eigenvalue weighted by Crippen LogP contribution is 2.37. The van der Waals surface area contributed by atoms with Gasteiger partial charge in [-0.3, -0.25) is 9.59 Å². The van der Waals surface area contributed by atoms with Crippen LogP contribution >= 0.6 is 0 Å². The van der Waals surface area contributed by atoms with Crippen LogP contribution < -0.4 is 5.32 Å². The molecule has 0 aromatic carbocycles. The number of fused-ring (bicyclic) bond motifs is 1. The van der Waals surface area contributed by atoms with Crippen molar-refractivity contribution in [2.24, 2.45) is 0 Å². The number of hydrogen-bond acceptors (Lipinski definition) is 3. The van der Waals surface area contributed by atoms with Crippen molar-refractivity contribution in [2.75, 3.05) is 6.61 Å². The molecule has 1 saturated heterocycles. The van der Waals surface area contributed by atoms with E-state index in [1.165, 1.54) is 6.92 Å². The van der Waals surface area contributed by atoms with E-state index >= 15 is 0 Å². The highest BCUT2D eigenvalue weighted by molar-refractivity contribution is 5.96. The molecule has 1 aliphatic heterocycles. The fourth-order valence-corrected chi connectivity index (χ4v) is 2.35. The van der Waals surface area contributed by atoms with Crippen molar-refractivity contribution in [1.29, 1.82) is 0 Å². The molecule has 1 N–H and O–H groups in total. The Labute approximate surface area is 76.6 Å². The molecule has 2 aliphatic rings. The van der Waals surface area contributed by atoms with Crippen molar-refractivity contribution < 1.29 is 14.3 Å². The van der Waals surface area contributed by atoms with E-state index in [1.807, 2.05) is 0 Å². The molecule has 0 radical (unpaired) electrons. The minimum absolute atomic E-state index is 0.0326. The van der Waals surface area contributed by atoms with Gasteiger partial charge in [-0.15, -0.1) is 0 Å². The van der Waals surface area contributed by atoms with E-state index < -0.39 is 5.54 Å². The average molecular weight is 183 g/mol. The number of amides is 1. The summed E-state index contributed by atoms with van der Waals surface area (Å²) in [4.78, 5) is 22.5. The summed E-state index contributed by atoms with van der Waals surface area (Å²) in [5.74, 6) is -0.115.